The molecule has 0 unspecified atom stereocenters. The molecule has 1 aromatic heterocycles. The van der Waals surface area contributed by atoms with Gasteiger partial charge in [-0.15, -0.1) is 0 Å². The van der Waals surface area contributed by atoms with Crippen LogP contribution in [0, 0.1) is 10.1 Å². The van der Waals surface area contributed by atoms with Crippen LogP contribution in [0.2, 0.25) is 5.02 Å². The van der Waals surface area contributed by atoms with Crippen molar-refractivity contribution in [1.29, 1.82) is 0 Å². The van der Waals surface area contributed by atoms with Crippen LogP contribution in [-0.2, 0) is 0 Å². The molecule has 92 valence electrons. The Kier molecular flexibility index (Phi) is 3.44. The zero-order chi connectivity index (χ0) is 12.4. The second-order valence-electron chi connectivity index (χ2n) is 4.05. The number of pyridine rings is 1. The van der Waals surface area contributed by atoms with Crippen LogP contribution in [0.5, 0.6) is 0 Å². The molecular weight excluding hydrogens is 244 g/mol. The van der Waals surface area contributed by atoms with Crippen molar-refractivity contribution < 1.29 is 4.92 Å². The highest BCUT2D eigenvalue weighted by Gasteiger charge is 2.25. The minimum atomic E-state index is -0.444. The summed E-state index contributed by atoms with van der Waals surface area (Å²) >= 11 is 5.73. The molecule has 0 radical (unpaired) electrons. The molecular formula is C10H13ClN4O2. The van der Waals surface area contributed by atoms with E-state index in [2.05, 4.69) is 10.3 Å². The van der Waals surface area contributed by atoms with Gasteiger partial charge in [0.2, 0.25) is 5.82 Å². The Morgan fingerprint density at radius 2 is 2.47 bits per heavy atom. The predicted molar refractivity (Wildman–Crippen MR) is 65.6 cm³/mol. The summed E-state index contributed by atoms with van der Waals surface area (Å²) in [7, 11) is 0. The second kappa shape index (κ2) is 4.85. The van der Waals surface area contributed by atoms with E-state index in [1.54, 1.807) is 0 Å². The third-order valence-electron chi connectivity index (χ3n) is 2.68. The fourth-order valence-electron chi connectivity index (χ4n) is 1.92. The molecule has 1 aliphatic rings. The maximum absolute atomic E-state index is 11.0. The van der Waals surface area contributed by atoms with Crippen LogP contribution in [0.3, 0.4) is 0 Å². The van der Waals surface area contributed by atoms with Crippen molar-refractivity contribution in [2.45, 2.75) is 13.0 Å². The highest BCUT2D eigenvalue weighted by molar-refractivity contribution is 6.30. The molecule has 0 aromatic carbocycles. The highest BCUT2D eigenvalue weighted by atomic mass is 35.5. The van der Waals surface area contributed by atoms with Crippen molar-refractivity contribution in [2.75, 3.05) is 24.5 Å². The van der Waals surface area contributed by atoms with Crippen molar-refractivity contribution in [3.63, 3.8) is 0 Å². The number of piperazine rings is 1. The lowest BCUT2D eigenvalue weighted by Crippen LogP contribution is -2.49. The zero-order valence-electron chi connectivity index (χ0n) is 9.39. The topological polar surface area (TPSA) is 71.3 Å². The molecule has 1 fully saturated rings. The normalized spacial score (nSPS) is 20.4. The Morgan fingerprint density at radius 3 is 3.12 bits per heavy atom. The molecule has 1 aromatic rings. The molecule has 1 aliphatic heterocycles. The van der Waals surface area contributed by atoms with Crippen molar-refractivity contribution in [2.24, 2.45) is 0 Å². The predicted octanol–water partition coefficient (Wildman–Crippen LogP) is 1.44. The maximum atomic E-state index is 11.0. The van der Waals surface area contributed by atoms with Crippen LogP contribution < -0.4 is 10.2 Å². The molecule has 17 heavy (non-hydrogen) atoms. The van der Waals surface area contributed by atoms with Gasteiger partial charge in [0.1, 0.15) is 0 Å². The van der Waals surface area contributed by atoms with Gasteiger partial charge in [-0.2, -0.15) is 0 Å². The first-order valence-electron chi connectivity index (χ1n) is 5.36. The van der Waals surface area contributed by atoms with Crippen LogP contribution in [0.1, 0.15) is 6.92 Å². The van der Waals surface area contributed by atoms with E-state index in [0.29, 0.717) is 24.9 Å². The molecule has 0 amide bonds. The fraction of sp³-hybridized carbons (Fsp3) is 0.500. The molecule has 2 rings (SSSR count). The minimum Gasteiger partial charge on any atom is -0.348 e. The third kappa shape index (κ3) is 2.65. The maximum Gasteiger partial charge on any atom is 0.313 e. The van der Waals surface area contributed by atoms with E-state index in [-0.39, 0.29) is 10.7 Å². The quantitative estimate of drug-likeness (QED) is 0.640. The summed E-state index contributed by atoms with van der Waals surface area (Å²) in [4.78, 5) is 16.5. The standard InChI is InChI=1S/C10H13ClN4O2/c1-7-6-14(3-2-12-7)10-9(15(16)17)4-8(11)5-13-10/h4-5,7,12H,2-3,6H2,1H3/t7-/m0/s1. The van der Waals surface area contributed by atoms with Gasteiger partial charge in [0, 0.05) is 37.9 Å². The first-order valence-corrected chi connectivity index (χ1v) is 5.74. The number of halogens is 1. The highest BCUT2D eigenvalue weighted by Crippen LogP contribution is 2.28. The van der Waals surface area contributed by atoms with E-state index < -0.39 is 4.92 Å². The van der Waals surface area contributed by atoms with Crippen LogP contribution in [-0.4, -0.2) is 35.6 Å². The summed E-state index contributed by atoms with van der Waals surface area (Å²) in [5.41, 5.74) is -0.0356. The molecule has 0 spiro atoms. The van der Waals surface area contributed by atoms with Crippen LogP contribution in [0.15, 0.2) is 12.3 Å². The summed E-state index contributed by atoms with van der Waals surface area (Å²) in [5, 5.41) is 14.5. The lowest BCUT2D eigenvalue weighted by atomic mass is 10.2. The molecule has 0 aliphatic carbocycles. The van der Waals surface area contributed by atoms with Gasteiger partial charge in [0.15, 0.2) is 0 Å². The molecule has 1 saturated heterocycles. The summed E-state index contributed by atoms with van der Waals surface area (Å²) in [6, 6.07) is 1.64. The molecule has 1 atom stereocenters. The molecule has 2 heterocycles. The van der Waals surface area contributed by atoms with Gasteiger partial charge in [-0.1, -0.05) is 11.6 Å². The summed E-state index contributed by atoms with van der Waals surface area (Å²) in [5.74, 6) is 0.396. The SMILES string of the molecule is C[C@H]1CN(c2ncc(Cl)cc2[N+](=O)[O-])CCN1. The van der Waals surface area contributed by atoms with E-state index in [9.17, 15) is 10.1 Å². The Morgan fingerprint density at radius 1 is 1.71 bits per heavy atom. The van der Waals surface area contributed by atoms with Gasteiger partial charge in [-0.25, -0.2) is 4.98 Å². The van der Waals surface area contributed by atoms with Crippen LogP contribution in [0.4, 0.5) is 11.5 Å². The van der Waals surface area contributed by atoms with Crippen molar-refractivity contribution >= 4 is 23.1 Å². The monoisotopic (exact) mass is 256 g/mol. The first kappa shape index (κ1) is 12.1. The van der Waals surface area contributed by atoms with Crippen molar-refractivity contribution in [3.05, 3.63) is 27.4 Å². The average molecular weight is 257 g/mol. The summed E-state index contributed by atoms with van der Waals surface area (Å²) < 4.78 is 0. The Balaban J connectivity index is 2.33. The molecule has 0 saturated carbocycles. The van der Waals surface area contributed by atoms with Gasteiger partial charge in [0.05, 0.1) is 9.95 Å². The van der Waals surface area contributed by atoms with Gasteiger partial charge in [-0.05, 0) is 6.92 Å². The number of rotatable bonds is 2. The molecule has 6 nitrogen and oxygen atoms in total. The van der Waals surface area contributed by atoms with E-state index in [4.69, 9.17) is 11.6 Å². The average Bonchev–Trinajstić information content (AvgIpc) is 2.28. The van der Waals surface area contributed by atoms with Gasteiger partial charge in [-0.3, -0.25) is 10.1 Å². The number of anilines is 1. The number of aromatic nitrogens is 1. The van der Waals surface area contributed by atoms with E-state index in [0.717, 1.165) is 6.54 Å². The van der Waals surface area contributed by atoms with Crippen molar-refractivity contribution in [3.8, 4) is 0 Å². The van der Waals surface area contributed by atoms with E-state index >= 15 is 0 Å². The smallest absolute Gasteiger partial charge is 0.313 e. The van der Waals surface area contributed by atoms with E-state index in [1.807, 2.05) is 11.8 Å². The van der Waals surface area contributed by atoms with Crippen molar-refractivity contribution in [1.82, 2.24) is 10.3 Å². The second-order valence-corrected chi connectivity index (χ2v) is 4.49. The largest absolute Gasteiger partial charge is 0.348 e. The number of nitrogens with one attached hydrogen (secondary N) is 1. The molecule has 7 heteroatoms. The summed E-state index contributed by atoms with van der Waals surface area (Å²) in [6.45, 7) is 4.24. The van der Waals surface area contributed by atoms with Crippen LogP contribution >= 0.6 is 11.6 Å². The van der Waals surface area contributed by atoms with Gasteiger partial charge in [0.25, 0.3) is 0 Å². The van der Waals surface area contributed by atoms with Gasteiger partial charge >= 0.3 is 5.69 Å². The first-order chi connectivity index (χ1) is 8.08. The third-order valence-corrected chi connectivity index (χ3v) is 2.89. The number of nitrogens with zero attached hydrogens (tertiary/aromatic N) is 3. The Hall–Kier alpha value is -1.40. The number of hydrogen-bond donors (Lipinski definition) is 1. The molecule has 1 N–H and O–H groups in total. The van der Waals surface area contributed by atoms with E-state index in [1.165, 1.54) is 12.3 Å². The zero-order valence-corrected chi connectivity index (χ0v) is 10.1. The van der Waals surface area contributed by atoms with Crippen LogP contribution in [0.25, 0.3) is 0 Å². The Labute approximate surface area is 104 Å². The minimum absolute atomic E-state index is 0.0356. The van der Waals surface area contributed by atoms with Gasteiger partial charge < -0.3 is 10.2 Å². The number of nitro groups is 1. The summed E-state index contributed by atoms with van der Waals surface area (Å²) in [6.07, 6.45) is 1.44. The number of hydrogen-bond acceptors (Lipinski definition) is 5. The molecule has 0 bridgehead atoms. The fourth-order valence-corrected chi connectivity index (χ4v) is 2.08. The lowest BCUT2D eigenvalue weighted by Gasteiger charge is -2.32. The Bertz CT molecular complexity index is 440. The lowest BCUT2D eigenvalue weighted by molar-refractivity contribution is -0.384.